The molecular formula is C10H22N+. The normalized spacial score (nSPS) is 22.9. The SMILES string of the molecule is CC(C)CC[N+]1(C)CCCC1. The van der Waals surface area contributed by atoms with Crippen molar-refractivity contribution >= 4 is 0 Å². The molecule has 0 aromatic heterocycles. The summed E-state index contributed by atoms with van der Waals surface area (Å²) in [5.41, 5.74) is 0. The molecule has 11 heavy (non-hydrogen) atoms. The van der Waals surface area contributed by atoms with Gasteiger partial charge in [-0.05, 0) is 12.3 Å². The predicted octanol–water partition coefficient (Wildman–Crippen LogP) is 2.27. The summed E-state index contributed by atoms with van der Waals surface area (Å²) in [5.74, 6) is 0.880. The molecule has 0 saturated carbocycles. The van der Waals surface area contributed by atoms with E-state index in [0.717, 1.165) is 5.92 Å². The van der Waals surface area contributed by atoms with E-state index in [1.807, 2.05) is 0 Å². The molecule has 0 unspecified atom stereocenters. The van der Waals surface area contributed by atoms with Crippen LogP contribution >= 0.6 is 0 Å². The summed E-state index contributed by atoms with van der Waals surface area (Å²) in [7, 11) is 2.41. The van der Waals surface area contributed by atoms with Crippen molar-refractivity contribution in [3.8, 4) is 0 Å². The van der Waals surface area contributed by atoms with Crippen molar-refractivity contribution in [3.63, 3.8) is 0 Å². The second kappa shape index (κ2) is 3.57. The van der Waals surface area contributed by atoms with Crippen LogP contribution in [-0.4, -0.2) is 31.2 Å². The van der Waals surface area contributed by atoms with Crippen LogP contribution in [0.3, 0.4) is 0 Å². The summed E-state index contributed by atoms with van der Waals surface area (Å²) in [6.45, 7) is 8.89. The van der Waals surface area contributed by atoms with E-state index in [2.05, 4.69) is 20.9 Å². The highest BCUT2D eigenvalue weighted by Crippen LogP contribution is 2.18. The zero-order valence-electron chi connectivity index (χ0n) is 8.27. The number of nitrogens with zero attached hydrogens (tertiary/aromatic N) is 1. The first kappa shape index (κ1) is 9.05. The van der Waals surface area contributed by atoms with Gasteiger partial charge in [0.25, 0.3) is 0 Å². The van der Waals surface area contributed by atoms with Gasteiger partial charge in [-0.2, -0.15) is 0 Å². The molecule has 1 nitrogen and oxygen atoms in total. The van der Waals surface area contributed by atoms with Gasteiger partial charge in [-0.15, -0.1) is 0 Å². The fourth-order valence-electron chi connectivity index (χ4n) is 1.89. The van der Waals surface area contributed by atoms with Crippen molar-refractivity contribution in [3.05, 3.63) is 0 Å². The lowest BCUT2D eigenvalue weighted by Crippen LogP contribution is -2.41. The maximum absolute atomic E-state index is 2.41. The number of rotatable bonds is 3. The van der Waals surface area contributed by atoms with Crippen LogP contribution in [0.5, 0.6) is 0 Å². The smallest absolute Gasteiger partial charge is 0.0787 e. The van der Waals surface area contributed by atoms with Crippen LogP contribution in [0, 0.1) is 5.92 Å². The van der Waals surface area contributed by atoms with E-state index in [0.29, 0.717) is 0 Å². The van der Waals surface area contributed by atoms with Crippen LogP contribution in [0.25, 0.3) is 0 Å². The zero-order chi connectivity index (χ0) is 8.32. The van der Waals surface area contributed by atoms with Gasteiger partial charge in [0.1, 0.15) is 0 Å². The van der Waals surface area contributed by atoms with Crippen LogP contribution < -0.4 is 0 Å². The second-order valence-corrected chi connectivity index (χ2v) is 4.68. The summed E-state index contributed by atoms with van der Waals surface area (Å²) in [6.07, 6.45) is 4.31. The highest BCUT2D eigenvalue weighted by molar-refractivity contribution is 4.53. The minimum Gasteiger partial charge on any atom is -0.326 e. The molecule has 0 radical (unpaired) electrons. The third-order valence-electron chi connectivity index (χ3n) is 2.89. The number of likely N-dealkylation sites (tertiary alicyclic amines) is 1. The van der Waals surface area contributed by atoms with Gasteiger partial charge in [0.05, 0.1) is 26.7 Å². The van der Waals surface area contributed by atoms with E-state index in [-0.39, 0.29) is 0 Å². The van der Waals surface area contributed by atoms with Crippen molar-refractivity contribution in [2.45, 2.75) is 33.1 Å². The maximum atomic E-state index is 2.41. The summed E-state index contributed by atoms with van der Waals surface area (Å²) in [6, 6.07) is 0. The molecule has 1 rings (SSSR count). The topological polar surface area (TPSA) is 0 Å². The van der Waals surface area contributed by atoms with E-state index in [4.69, 9.17) is 0 Å². The Kier molecular flexibility index (Phi) is 2.94. The average Bonchev–Trinajstić information content (AvgIpc) is 2.33. The average molecular weight is 156 g/mol. The fourth-order valence-corrected chi connectivity index (χ4v) is 1.89. The van der Waals surface area contributed by atoms with Crippen molar-refractivity contribution in [1.82, 2.24) is 0 Å². The molecule has 0 amide bonds. The lowest BCUT2D eigenvalue weighted by molar-refractivity contribution is -0.898. The lowest BCUT2D eigenvalue weighted by Gasteiger charge is -2.29. The highest BCUT2D eigenvalue weighted by Gasteiger charge is 2.25. The number of quaternary nitrogens is 1. The molecule has 1 fully saturated rings. The monoisotopic (exact) mass is 156 g/mol. The maximum Gasteiger partial charge on any atom is 0.0787 e. The largest absolute Gasteiger partial charge is 0.326 e. The molecule has 0 aromatic rings. The van der Waals surface area contributed by atoms with E-state index < -0.39 is 0 Å². The molecule has 0 N–H and O–H groups in total. The van der Waals surface area contributed by atoms with Gasteiger partial charge in [0, 0.05) is 12.8 Å². The van der Waals surface area contributed by atoms with Gasteiger partial charge in [-0.3, -0.25) is 0 Å². The zero-order valence-corrected chi connectivity index (χ0v) is 8.27. The van der Waals surface area contributed by atoms with Gasteiger partial charge in [0.2, 0.25) is 0 Å². The Balaban J connectivity index is 2.23. The molecule has 1 heterocycles. The standard InChI is InChI=1S/C10H22N/c1-10(2)6-9-11(3)7-4-5-8-11/h10H,4-9H2,1-3H3/q+1. The Morgan fingerprint density at radius 1 is 1.18 bits per heavy atom. The predicted molar refractivity (Wildman–Crippen MR) is 49.5 cm³/mol. The van der Waals surface area contributed by atoms with Crippen molar-refractivity contribution in [2.24, 2.45) is 5.92 Å². The third-order valence-corrected chi connectivity index (χ3v) is 2.89. The van der Waals surface area contributed by atoms with E-state index in [1.54, 1.807) is 0 Å². The van der Waals surface area contributed by atoms with E-state index >= 15 is 0 Å². The van der Waals surface area contributed by atoms with Crippen LogP contribution in [-0.2, 0) is 0 Å². The van der Waals surface area contributed by atoms with E-state index in [1.165, 1.54) is 43.4 Å². The van der Waals surface area contributed by atoms with Crippen LogP contribution in [0.1, 0.15) is 33.1 Å². The van der Waals surface area contributed by atoms with Crippen LogP contribution in [0.2, 0.25) is 0 Å². The van der Waals surface area contributed by atoms with E-state index in [9.17, 15) is 0 Å². The quantitative estimate of drug-likeness (QED) is 0.550. The van der Waals surface area contributed by atoms with Crippen LogP contribution in [0.15, 0.2) is 0 Å². The minimum atomic E-state index is 0.880. The molecular weight excluding hydrogens is 134 g/mol. The van der Waals surface area contributed by atoms with Crippen molar-refractivity contribution in [2.75, 3.05) is 26.7 Å². The Labute approximate surface area is 71.0 Å². The third kappa shape index (κ3) is 2.82. The molecule has 0 aromatic carbocycles. The molecule has 1 aliphatic heterocycles. The molecule has 1 saturated heterocycles. The van der Waals surface area contributed by atoms with Gasteiger partial charge in [-0.25, -0.2) is 0 Å². The van der Waals surface area contributed by atoms with Gasteiger partial charge in [-0.1, -0.05) is 13.8 Å². The summed E-state index contributed by atoms with van der Waals surface area (Å²) in [5, 5.41) is 0. The minimum absolute atomic E-state index is 0.880. The first-order valence-corrected chi connectivity index (χ1v) is 4.96. The lowest BCUT2D eigenvalue weighted by atomic mass is 10.1. The van der Waals surface area contributed by atoms with Gasteiger partial charge >= 0.3 is 0 Å². The Hall–Kier alpha value is -0.0400. The van der Waals surface area contributed by atoms with Crippen molar-refractivity contribution in [1.29, 1.82) is 0 Å². The first-order valence-electron chi connectivity index (χ1n) is 4.96. The molecule has 0 bridgehead atoms. The first-order chi connectivity index (χ1) is 5.12. The Bertz CT molecular complexity index is 112. The molecule has 0 spiro atoms. The summed E-state index contributed by atoms with van der Waals surface area (Å²) < 4.78 is 1.35. The molecule has 66 valence electrons. The molecule has 0 aliphatic carbocycles. The second-order valence-electron chi connectivity index (χ2n) is 4.68. The molecule has 1 heteroatoms. The fraction of sp³-hybridized carbons (Fsp3) is 1.00. The Morgan fingerprint density at radius 2 is 1.73 bits per heavy atom. The van der Waals surface area contributed by atoms with Crippen LogP contribution in [0.4, 0.5) is 0 Å². The number of hydrogen-bond donors (Lipinski definition) is 0. The molecule has 0 atom stereocenters. The highest BCUT2D eigenvalue weighted by atomic mass is 15.3. The Morgan fingerprint density at radius 3 is 2.18 bits per heavy atom. The molecule has 1 aliphatic rings. The van der Waals surface area contributed by atoms with Crippen molar-refractivity contribution < 1.29 is 4.48 Å². The van der Waals surface area contributed by atoms with Gasteiger partial charge < -0.3 is 4.48 Å². The number of hydrogen-bond acceptors (Lipinski definition) is 0. The van der Waals surface area contributed by atoms with Gasteiger partial charge in [0.15, 0.2) is 0 Å². The summed E-state index contributed by atoms with van der Waals surface area (Å²) in [4.78, 5) is 0. The summed E-state index contributed by atoms with van der Waals surface area (Å²) >= 11 is 0.